The number of aromatic nitrogens is 1. The summed E-state index contributed by atoms with van der Waals surface area (Å²) in [6.07, 6.45) is 0. The molecular formula is C11H9Cl2NO2. The minimum atomic E-state index is -0.137. The maximum Gasteiger partial charge on any atom is 0.191 e. The van der Waals surface area contributed by atoms with Gasteiger partial charge in [0.2, 0.25) is 0 Å². The standard InChI is InChI=1S/C11H9Cl2NO2/c1-16-5-7-4-10(15)11-8(13)2-6(12)3-9(11)14-7/h2-4H,5H2,1H3,(H,14,15). The Labute approximate surface area is 102 Å². The fourth-order valence-electron chi connectivity index (χ4n) is 1.60. The van der Waals surface area contributed by atoms with Crippen LogP contribution in [0, 0.1) is 0 Å². The van der Waals surface area contributed by atoms with Crippen molar-refractivity contribution in [3.8, 4) is 0 Å². The Morgan fingerprint density at radius 2 is 2.06 bits per heavy atom. The van der Waals surface area contributed by atoms with Gasteiger partial charge in [-0.1, -0.05) is 23.2 Å². The number of rotatable bonds is 2. The molecule has 1 aromatic carbocycles. The molecule has 84 valence electrons. The lowest BCUT2D eigenvalue weighted by atomic mass is 10.2. The van der Waals surface area contributed by atoms with Crippen LogP contribution >= 0.6 is 23.2 Å². The number of nitrogens with one attached hydrogen (secondary N) is 1. The summed E-state index contributed by atoms with van der Waals surface area (Å²) in [5, 5.41) is 1.29. The van der Waals surface area contributed by atoms with Crippen LogP contribution in [-0.2, 0) is 11.3 Å². The van der Waals surface area contributed by atoms with Gasteiger partial charge in [0.25, 0.3) is 0 Å². The van der Waals surface area contributed by atoms with Gasteiger partial charge in [-0.3, -0.25) is 4.79 Å². The topological polar surface area (TPSA) is 42.1 Å². The van der Waals surface area contributed by atoms with Crippen LogP contribution in [0.15, 0.2) is 23.0 Å². The number of fused-ring (bicyclic) bond motifs is 1. The summed E-state index contributed by atoms with van der Waals surface area (Å²) in [7, 11) is 1.56. The molecule has 0 unspecified atom stereocenters. The molecule has 0 aliphatic heterocycles. The van der Waals surface area contributed by atoms with Gasteiger partial charge in [-0.2, -0.15) is 0 Å². The third-order valence-corrected chi connectivity index (χ3v) is 2.72. The molecule has 0 amide bonds. The number of H-pyrrole nitrogens is 1. The van der Waals surface area contributed by atoms with Gasteiger partial charge in [-0.25, -0.2) is 0 Å². The van der Waals surface area contributed by atoms with Crippen molar-refractivity contribution in [1.29, 1.82) is 0 Å². The molecule has 0 fully saturated rings. The molecule has 3 nitrogen and oxygen atoms in total. The molecule has 0 aliphatic carbocycles. The Bertz CT molecular complexity index is 592. The monoisotopic (exact) mass is 257 g/mol. The normalized spacial score (nSPS) is 10.9. The first-order chi connectivity index (χ1) is 7.61. The van der Waals surface area contributed by atoms with E-state index >= 15 is 0 Å². The second kappa shape index (κ2) is 4.45. The van der Waals surface area contributed by atoms with E-state index in [4.69, 9.17) is 27.9 Å². The third kappa shape index (κ3) is 2.07. The molecule has 0 spiro atoms. The largest absolute Gasteiger partial charge is 0.378 e. The van der Waals surface area contributed by atoms with E-state index in [0.717, 1.165) is 0 Å². The quantitative estimate of drug-likeness (QED) is 0.899. The van der Waals surface area contributed by atoms with Gasteiger partial charge in [-0.05, 0) is 12.1 Å². The number of methoxy groups -OCH3 is 1. The average molecular weight is 258 g/mol. The van der Waals surface area contributed by atoms with Crippen LogP contribution < -0.4 is 5.43 Å². The zero-order valence-electron chi connectivity index (χ0n) is 8.51. The molecule has 0 atom stereocenters. The fraction of sp³-hybridized carbons (Fsp3) is 0.182. The molecule has 0 bridgehead atoms. The maximum absolute atomic E-state index is 11.8. The first kappa shape index (κ1) is 11.5. The minimum Gasteiger partial charge on any atom is -0.378 e. The van der Waals surface area contributed by atoms with Crippen molar-refractivity contribution >= 4 is 34.1 Å². The molecular weight excluding hydrogens is 249 g/mol. The van der Waals surface area contributed by atoms with E-state index in [-0.39, 0.29) is 5.43 Å². The SMILES string of the molecule is COCc1cc(=O)c2c(Cl)cc(Cl)cc2[nH]1. The van der Waals surface area contributed by atoms with Crippen molar-refractivity contribution in [3.63, 3.8) is 0 Å². The Morgan fingerprint density at radius 3 is 2.75 bits per heavy atom. The van der Waals surface area contributed by atoms with E-state index in [1.807, 2.05) is 0 Å². The second-order valence-corrected chi connectivity index (χ2v) is 4.25. The molecule has 1 aromatic heterocycles. The Hall–Kier alpha value is -1.03. The van der Waals surface area contributed by atoms with Crippen LogP contribution in [0.2, 0.25) is 10.0 Å². The smallest absolute Gasteiger partial charge is 0.191 e. The summed E-state index contributed by atoms with van der Waals surface area (Å²) in [5.74, 6) is 0. The summed E-state index contributed by atoms with van der Waals surface area (Å²) >= 11 is 11.8. The predicted octanol–water partition coefficient (Wildman–Crippen LogP) is 2.98. The predicted molar refractivity (Wildman–Crippen MR) is 65.3 cm³/mol. The van der Waals surface area contributed by atoms with Gasteiger partial charge < -0.3 is 9.72 Å². The zero-order valence-corrected chi connectivity index (χ0v) is 10.0. The second-order valence-electron chi connectivity index (χ2n) is 3.40. The van der Waals surface area contributed by atoms with Crippen LogP contribution in [-0.4, -0.2) is 12.1 Å². The number of halogens is 2. The van der Waals surface area contributed by atoms with Crippen molar-refractivity contribution < 1.29 is 4.74 Å². The van der Waals surface area contributed by atoms with E-state index < -0.39 is 0 Å². The fourth-order valence-corrected chi connectivity index (χ4v) is 2.18. The Morgan fingerprint density at radius 1 is 1.31 bits per heavy atom. The lowest BCUT2D eigenvalue weighted by Crippen LogP contribution is -2.06. The number of hydrogen-bond donors (Lipinski definition) is 1. The summed E-state index contributed by atoms with van der Waals surface area (Å²) in [6, 6.07) is 4.70. The van der Waals surface area contributed by atoms with Crippen LogP contribution in [0.25, 0.3) is 10.9 Å². The minimum absolute atomic E-state index is 0.137. The van der Waals surface area contributed by atoms with Crippen molar-refractivity contribution in [2.24, 2.45) is 0 Å². The number of aromatic amines is 1. The highest BCUT2D eigenvalue weighted by atomic mass is 35.5. The summed E-state index contributed by atoms with van der Waals surface area (Å²) < 4.78 is 4.96. The van der Waals surface area contributed by atoms with Crippen molar-refractivity contribution in [1.82, 2.24) is 4.98 Å². The average Bonchev–Trinajstić information content (AvgIpc) is 2.15. The summed E-state index contributed by atoms with van der Waals surface area (Å²) in [4.78, 5) is 14.9. The van der Waals surface area contributed by atoms with E-state index in [1.54, 1.807) is 19.2 Å². The van der Waals surface area contributed by atoms with Crippen molar-refractivity contribution in [3.05, 3.63) is 44.2 Å². The summed E-state index contributed by atoms with van der Waals surface area (Å²) in [5.41, 5.74) is 1.18. The number of benzene rings is 1. The molecule has 16 heavy (non-hydrogen) atoms. The molecule has 0 saturated carbocycles. The van der Waals surface area contributed by atoms with E-state index in [2.05, 4.69) is 4.98 Å². The number of hydrogen-bond acceptors (Lipinski definition) is 2. The molecule has 2 aromatic rings. The molecule has 0 radical (unpaired) electrons. The molecule has 2 rings (SSSR count). The lowest BCUT2D eigenvalue weighted by Gasteiger charge is -2.05. The first-order valence-corrected chi connectivity index (χ1v) is 5.37. The van der Waals surface area contributed by atoms with E-state index in [0.29, 0.717) is 33.2 Å². The lowest BCUT2D eigenvalue weighted by molar-refractivity contribution is 0.181. The van der Waals surface area contributed by atoms with Crippen molar-refractivity contribution in [2.75, 3.05) is 7.11 Å². The molecule has 0 saturated heterocycles. The third-order valence-electron chi connectivity index (χ3n) is 2.20. The van der Waals surface area contributed by atoms with Gasteiger partial charge in [0, 0.05) is 23.9 Å². The van der Waals surface area contributed by atoms with Crippen molar-refractivity contribution in [2.45, 2.75) is 6.61 Å². The van der Waals surface area contributed by atoms with Gasteiger partial charge in [0.05, 0.1) is 22.5 Å². The highest BCUT2D eigenvalue weighted by Gasteiger charge is 2.07. The van der Waals surface area contributed by atoms with Crippen LogP contribution in [0.3, 0.4) is 0 Å². The summed E-state index contributed by atoms with van der Waals surface area (Å²) in [6.45, 7) is 0.343. The van der Waals surface area contributed by atoms with Crippen LogP contribution in [0.1, 0.15) is 5.69 Å². The van der Waals surface area contributed by atoms with Crippen LogP contribution in [0.4, 0.5) is 0 Å². The van der Waals surface area contributed by atoms with Gasteiger partial charge in [0.15, 0.2) is 5.43 Å². The molecule has 0 aliphatic rings. The van der Waals surface area contributed by atoms with Gasteiger partial charge in [-0.15, -0.1) is 0 Å². The first-order valence-electron chi connectivity index (χ1n) is 4.61. The van der Waals surface area contributed by atoms with E-state index in [9.17, 15) is 4.79 Å². The molecule has 1 heterocycles. The van der Waals surface area contributed by atoms with E-state index in [1.165, 1.54) is 6.07 Å². The zero-order chi connectivity index (χ0) is 11.7. The maximum atomic E-state index is 11.8. The number of ether oxygens (including phenoxy) is 1. The van der Waals surface area contributed by atoms with Crippen LogP contribution in [0.5, 0.6) is 0 Å². The highest BCUT2D eigenvalue weighted by molar-refractivity contribution is 6.38. The number of pyridine rings is 1. The highest BCUT2D eigenvalue weighted by Crippen LogP contribution is 2.24. The van der Waals surface area contributed by atoms with Gasteiger partial charge >= 0.3 is 0 Å². The Balaban J connectivity index is 2.77. The molecule has 1 N–H and O–H groups in total. The molecule has 5 heteroatoms. The Kier molecular flexibility index (Phi) is 3.19. The van der Waals surface area contributed by atoms with Gasteiger partial charge in [0.1, 0.15) is 0 Å².